The average molecular weight is 334 g/mol. The van der Waals surface area contributed by atoms with Crippen molar-refractivity contribution in [1.82, 2.24) is 0 Å². The zero-order chi connectivity index (χ0) is 17.3. The van der Waals surface area contributed by atoms with E-state index in [-0.39, 0.29) is 29.6 Å². The third-order valence-electron chi connectivity index (χ3n) is 3.20. The van der Waals surface area contributed by atoms with Crippen molar-refractivity contribution in [3.8, 4) is 6.07 Å². The lowest BCUT2D eigenvalue weighted by Gasteiger charge is -2.19. The van der Waals surface area contributed by atoms with Crippen LogP contribution in [0.4, 0.5) is 0 Å². The summed E-state index contributed by atoms with van der Waals surface area (Å²) in [7, 11) is 0. The molecule has 0 spiro atoms. The predicted octanol–water partition coefficient (Wildman–Crippen LogP) is 3.81. The van der Waals surface area contributed by atoms with Crippen LogP contribution in [0.25, 0.3) is 0 Å². The second-order valence-electron chi connectivity index (χ2n) is 5.47. The number of aliphatic imine (C=N–C) groups is 1. The largest absolute Gasteiger partial charge is 0.412 e. The van der Waals surface area contributed by atoms with Crippen LogP contribution in [-0.2, 0) is 11.2 Å². The Morgan fingerprint density at radius 1 is 1.30 bits per heavy atom. The van der Waals surface area contributed by atoms with E-state index >= 15 is 0 Å². The summed E-state index contributed by atoms with van der Waals surface area (Å²) in [4.78, 5) is 15.1. The minimum atomic E-state index is -0.228. The molecule has 0 aliphatic rings. The molecule has 126 valence electrons. The van der Waals surface area contributed by atoms with Crippen molar-refractivity contribution in [2.75, 3.05) is 0 Å². The molecule has 0 aromatic heterocycles. The number of carbonyl (C=O) groups is 1. The molecular formula is C18H26N2O2S. The van der Waals surface area contributed by atoms with E-state index in [2.05, 4.69) is 64.7 Å². The van der Waals surface area contributed by atoms with Gasteiger partial charge in [-0.25, -0.2) is 4.99 Å². The number of nitriles is 1. The maximum absolute atomic E-state index is 11.6. The van der Waals surface area contributed by atoms with Crippen molar-refractivity contribution in [3.05, 3.63) is 46.4 Å². The first kappa shape index (κ1) is 23.4. The Balaban J connectivity index is 0. The first-order valence-corrected chi connectivity index (χ1v) is 7.65. The molecular weight excluding hydrogens is 308 g/mol. The molecule has 1 aromatic carbocycles. The lowest BCUT2D eigenvalue weighted by atomic mass is 9.85. The Kier molecular flexibility index (Phi) is 11.8. The fourth-order valence-corrected chi connectivity index (χ4v) is 2.22. The van der Waals surface area contributed by atoms with Gasteiger partial charge in [0.05, 0.1) is 18.1 Å². The van der Waals surface area contributed by atoms with Crippen LogP contribution in [0.5, 0.6) is 0 Å². The van der Waals surface area contributed by atoms with Crippen molar-refractivity contribution >= 4 is 25.3 Å². The van der Waals surface area contributed by atoms with E-state index in [1.165, 1.54) is 5.41 Å². The zero-order valence-electron chi connectivity index (χ0n) is 14.3. The number of amides is 1. The second-order valence-corrected chi connectivity index (χ2v) is 5.83. The van der Waals surface area contributed by atoms with Crippen molar-refractivity contribution in [2.24, 2.45) is 4.99 Å². The molecule has 0 unspecified atom stereocenters. The minimum absolute atomic E-state index is 0. The molecule has 4 nitrogen and oxygen atoms in total. The number of rotatable bonds is 4. The van der Waals surface area contributed by atoms with Crippen molar-refractivity contribution in [3.63, 3.8) is 0 Å². The smallest absolute Gasteiger partial charge is 0.249 e. The van der Waals surface area contributed by atoms with Gasteiger partial charge in [-0.1, -0.05) is 34.3 Å². The van der Waals surface area contributed by atoms with Crippen molar-refractivity contribution in [1.29, 1.82) is 5.26 Å². The Morgan fingerprint density at radius 3 is 1.96 bits per heavy atom. The van der Waals surface area contributed by atoms with Gasteiger partial charge in [-0.2, -0.15) is 17.9 Å². The number of thiol groups is 1. The SMILES string of the molecule is C=CS.C=NC(=O)Cc1c(C(C)C)cc(C#N)cc1C(C)C.O. The van der Waals surface area contributed by atoms with E-state index in [0.717, 1.165) is 16.7 Å². The first-order chi connectivity index (χ1) is 10.3. The average Bonchev–Trinajstić information content (AvgIpc) is 2.47. The summed E-state index contributed by atoms with van der Waals surface area (Å²) in [6, 6.07) is 5.95. The molecule has 0 bridgehead atoms. The highest BCUT2D eigenvalue weighted by Crippen LogP contribution is 2.30. The summed E-state index contributed by atoms with van der Waals surface area (Å²) in [5.41, 5.74) is 3.76. The summed E-state index contributed by atoms with van der Waals surface area (Å²) >= 11 is 3.55. The van der Waals surface area contributed by atoms with Crippen molar-refractivity contribution in [2.45, 2.75) is 46.0 Å². The Hall–Kier alpha value is -1.90. The first-order valence-electron chi connectivity index (χ1n) is 7.13. The standard InChI is InChI=1S/C16H20N2O.C2H4S.H2O/c1-10(2)13-6-12(9-17)7-14(11(3)4)15(13)8-16(19)18-5;1-2-3;/h6-7,10-11H,5,8H2,1-4H3;2-3H,1H2;1H2. The van der Waals surface area contributed by atoms with Crippen LogP contribution >= 0.6 is 12.6 Å². The maximum Gasteiger partial charge on any atom is 0.249 e. The summed E-state index contributed by atoms with van der Waals surface area (Å²) in [6.45, 7) is 14.8. The Labute approximate surface area is 144 Å². The number of hydrogen-bond donors (Lipinski definition) is 1. The highest BCUT2D eigenvalue weighted by atomic mass is 32.1. The highest BCUT2D eigenvalue weighted by molar-refractivity contribution is 7.83. The molecule has 1 amide bonds. The van der Waals surface area contributed by atoms with Gasteiger partial charge in [0, 0.05) is 0 Å². The minimum Gasteiger partial charge on any atom is -0.412 e. The fraction of sp³-hybridized carbons (Fsp3) is 0.389. The van der Waals surface area contributed by atoms with Gasteiger partial charge in [-0.05, 0) is 52.8 Å². The molecule has 5 heteroatoms. The summed E-state index contributed by atoms with van der Waals surface area (Å²) < 4.78 is 0. The molecule has 1 rings (SSSR count). The quantitative estimate of drug-likeness (QED) is 0.670. The van der Waals surface area contributed by atoms with Gasteiger partial charge in [-0.15, -0.1) is 0 Å². The number of hydrogen-bond acceptors (Lipinski definition) is 3. The fourth-order valence-electron chi connectivity index (χ4n) is 2.22. The van der Waals surface area contributed by atoms with Gasteiger partial charge in [0.1, 0.15) is 0 Å². The summed E-state index contributed by atoms with van der Waals surface area (Å²) in [5.74, 6) is 0.297. The predicted molar refractivity (Wildman–Crippen MR) is 100 cm³/mol. The third-order valence-corrected chi connectivity index (χ3v) is 3.20. The van der Waals surface area contributed by atoms with E-state index in [1.54, 1.807) is 0 Å². The molecule has 0 aliphatic heterocycles. The summed E-state index contributed by atoms with van der Waals surface area (Å²) in [6.07, 6.45) is 0.260. The van der Waals surface area contributed by atoms with Gasteiger partial charge in [0.15, 0.2) is 0 Å². The molecule has 0 fully saturated rings. The molecule has 0 saturated heterocycles. The second kappa shape index (κ2) is 11.6. The van der Waals surface area contributed by atoms with Crippen LogP contribution in [0.1, 0.15) is 61.8 Å². The third kappa shape index (κ3) is 7.27. The Bertz CT molecular complexity index is 558. The lowest BCUT2D eigenvalue weighted by Crippen LogP contribution is -2.09. The molecule has 0 saturated carbocycles. The lowest BCUT2D eigenvalue weighted by molar-refractivity contribution is -0.117. The van der Waals surface area contributed by atoms with Gasteiger partial charge in [0.25, 0.3) is 0 Å². The van der Waals surface area contributed by atoms with Crippen LogP contribution in [0.3, 0.4) is 0 Å². The van der Waals surface area contributed by atoms with E-state index in [4.69, 9.17) is 5.26 Å². The number of nitrogens with zero attached hydrogens (tertiary/aromatic N) is 2. The molecule has 0 atom stereocenters. The van der Waals surface area contributed by atoms with Crippen LogP contribution in [0, 0.1) is 11.3 Å². The molecule has 0 aliphatic carbocycles. The van der Waals surface area contributed by atoms with Crippen LogP contribution in [0.2, 0.25) is 0 Å². The van der Waals surface area contributed by atoms with E-state index in [0.29, 0.717) is 5.56 Å². The van der Waals surface area contributed by atoms with Gasteiger partial charge >= 0.3 is 0 Å². The van der Waals surface area contributed by atoms with Crippen LogP contribution in [-0.4, -0.2) is 18.1 Å². The molecule has 0 heterocycles. The highest BCUT2D eigenvalue weighted by Gasteiger charge is 2.17. The maximum atomic E-state index is 11.6. The molecule has 1 aromatic rings. The zero-order valence-corrected chi connectivity index (χ0v) is 15.2. The van der Waals surface area contributed by atoms with Crippen molar-refractivity contribution < 1.29 is 10.3 Å². The van der Waals surface area contributed by atoms with Gasteiger partial charge in [-0.3, -0.25) is 4.79 Å². The van der Waals surface area contributed by atoms with E-state index in [1.807, 2.05) is 12.1 Å². The Morgan fingerprint density at radius 2 is 1.70 bits per heavy atom. The van der Waals surface area contributed by atoms with E-state index in [9.17, 15) is 4.79 Å². The van der Waals surface area contributed by atoms with Gasteiger partial charge < -0.3 is 5.48 Å². The molecule has 0 radical (unpaired) electrons. The number of benzene rings is 1. The van der Waals surface area contributed by atoms with Gasteiger partial charge in [0.2, 0.25) is 5.91 Å². The number of carbonyl (C=O) groups excluding carboxylic acids is 1. The monoisotopic (exact) mass is 334 g/mol. The van der Waals surface area contributed by atoms with Crippen LogP contribution < -0.4 is 0 Å². The normalized spacial score (nSPS) is 9.30. The van der Waals surface area contributed by atoms with E-state index < -0.39 is 0 Å². The van der Waals surface area contributed by atoms with Crippen LogP contribution in [0.15, 0.2) is 29.1 Å². The molecule has 23 heavy (non-hydrogen) atoms. The summed E-state index contributed by atoms with van der Waals surface area (Å²) in [5, 5.41) is 10.6. The topological polar surface area (TPSA) is 84.7 Å². The molecule has 2 N–H and O–H groups in total.